The third-order valence-electron chi connectivity index (χ3n) is 5.12. The van der Waals surface area contributed by atoms with Gasteiger partial charge in [0.25, 0.3) is 0 Å². The number of benzene rings is 2. The number of aryl methyl sites for hydroxylation is 1. The molecule has 1 saturated heterocycles. The van der Waals surface area contributed by atoms with E-state index in [4.69, 9.17) is 9.47 Å². The lowest BCUT2D eigenvalue weighted by atomic mass is 10.1. The van der Waals surface area contributed by atoms with Crippen LogP contribution in [-0.4, -0.2) is 56.1 Å². The Labute approximate surface area is 175 Å². The molecule has 0 saturated carbocycles. The third-order valence-corrected chi connectivity index (χ3v) is 5.62. The molecule has 1 amide bonds. The van der Waals surface area contributed by atoms with E-state index in [9.17, 15) is 4.79 Å². The number of methoxy groups -OCH3 is 2. The van der Waals surface area contributed by atoms with Crippen LogP contribution >= 0.6 is 15.9 Å². The normalized spacial score (nSPS) is 14.8. The molecule has 150 valence electrons. The molecule has 3 rings (SSSR count). The molecule has 0 N–H and O–H groups in total. The minimum absolute atomic E-state index is 0.235. The third kappa shape index (κ3) is 5.49. The highest BCUT2D eigenvalue weighted by atomic mass is 79.9. The highest BCUT2D eigenvalue weighted by Gasteiger charge is 2.21. The molecule has 0 radical (unpaired) electrons. The van der Waals surface area contributed by atoms with Crippen molar-refractivity contribution in [2.24, 2.45) is 0 Å². The van der Waals surface area contributed by atoms with Crippen molar-refractivity contribution < 1.29 is 14.3 Å². The molecule has 1 heterocycles. The van der Waals surface area contributed by atoms with Crippen LogP contribution in [0, 0.1) is 0 Å². The molecule has 0 bridgehead atoms. The molecule has 2 aromatic rings. The monoisotopic (exact) mass is 446 g/mol. The number of ether oxygens (including phenoxy) is 2. The molecule has 0 aliphatic carbocycles. The van der Waals surface area contributed by atoms with Gasteiger partial charge in [0.2, 0.25) is 5.91 Å². The summed E-state index contributed by atoms with van der Waals surface area (Å²) in [4.78, 5) is 16.9. The minimum Gasteiger partial charge on any atom is -0.497 e. The van der Waals surface area contributed by atoms with Gasteiger partial charge in [-0.3, -0.25) is 9.69 Å². The zero-order valence-electron chi connectivity index (χ0n) is 16.5. The van der Waals surface area contributed by atoms with E-state index in [1.165, 1.54) is 5.56 Å². The molecule has 6 heteroatoms. The Kier molecular flexibility index (Phi) is 7.34. The molecular formula is C22H27BrN2O3. The maximum atomic E-state index is 12.6. The van der Waals surface area contributed by atoms with Crippen molar-refractivity contribution in [3.8, 4) is 11.5 Å². The van der Waals surface area contributed by atoms with E-state index in [0.717, 1.165) is 60.7 Å². The number of hydrogen-bond acceptors (Lipinski definition) is 4. The molecule has 1 fully saturated rings. The predicted molar refractivity (Wildman–Crippen MR) is 114 cm³/mol. The molecule has 0 spiro atoms. The van der Waals surface area contributed by atoms with Crippen LogP contribution < -0.4 is 9.47 Å². The number of nitrogens with zero attached hydrogens (tertiary/aromatic N) is 2. The number of rotatable bonds is 7. The van der Waals surface area contributed by atoms with Gasteiger partial charge < -0.3 is 14.4 Å². The van der Waals surface area contributed by atoms with Crippen molar-refractivity contribution in [3.63, 3.8) is 0 Å². The molecule has 1 aliphatic rings. The summed E-state index contributed by atoms with van der Waals surface area (Å²) >= 11 is 3.48. The molecule has 0 aromatic heterocycles. The molecular weight excluding hydrogens is 420 g/mol. The van der Waals surface area contributed by atoms with Gasteiger partial charge in [-0.1, -0.05) is 28.1 Å². The fourth-order valence-corrected chi connectivity index (χ4v) is 3.95. The number of amides is 1. The van der Waals surface area contributed by atoms with Crippen LogP contribution in [0.2, 0.25) is 0 Å². The first-order chi connectivity index (χ1) is 13.6. The zero-order valence-corrected chi connectivity index (χ0v) is 18.1. The number of hydrogen-bond donors (Lipinski definition) is 0. The van der Waals surface area contributed by atoms with Gasteiger partial charge in [-0.15, -0.1) is 0 Å². The predicted octanol–water partition coefficient (Wildman–Crippen LogP) is 3.74. The molecule has 1 aliphatic heterocycles. The van der Waals surface area contributed by atoms with E-state index in [-0.39, 0.29) is 5.91 Å². The maximum absolute atomic E-state index is 12.6. The summed E-state index contributed by atoms with van der Waals surface area (Å²) in [5.41, 5.74) is 2.29. The first-order valence-electron chi connectivity index (χ1n) is 9.54. The molecule has 0 unspecified atom stereocenters. The summed E-state index contributed by atoms with van der Waals surface area (Å²) in [6.45, 7) is 4.06. The van der Waals surface area contributed by atoms with Gasteiger partial charge in [0, 0.05) is 49.2 Å². The average molecular weight is 447 g/mol. The first kappa shape index (κ1) is 20.7. The number of piperazine rings is 1. The number of carbonyl (C=O) groups excluding carboxylic acids is 1. The van der Waals surface area contributed by atoms with Crippen LogP contribution in [0.3, 0.4) is 0 Å². The second kappa shape index (κ2) is 9.94. The Morgan fingerprint density at radius 1 is 1.04 bits per heavy atom. The van der Waals surface area contributed by atoms with E-state index in [0.29, 0.717) is 6.42 Å². The Hall–Kier alpha value is -2.05. The van der Waals surface area contributed by atoms with Gasteiger partial charge in [-0.05, 0) is 42.3 Å². The lowest BCUT2D eigenvalue weighted by Gasteiger charge is -2.35. The van der Waals surface area contributed by atoms with Crippen LogP contribution in [0.5, 0.6) is 11.5 Å². The summed E-state index contributed by atoms with van der Waals surface area (Å²) in [6.07, 6.45) is 1.33. The van der Waals surface area contributed by atoms with E-state index in [1.807, 2.05) is 35.2 Å². The molecule has 0 atom stereocenters. The topological polar surface area (TPSA) is 42.0 Å². The summed E-state index contributed by atoms with van der Waals surface area (Å²) in [5.74, 6) is 1.93. The van der Waals surface area contributed by atoms with E-state index >= 15 is 0 Å². The Morgan fingerprint density at radius 3 is 2.50 bits per heavy atom. The van der Waals surface area contributed by atoms with E-state index in [1.54, 1.807) is 14.2 Å². The lowest BCUT2D eigenvalue weighted by molar-refractivity contribution is -0.133. The average Bonchev–Trinajstić information content (AvgIpc) is 2.72. The van der Waals surface area contributed by atoms with Gasteiger partial charge in [0.15, 0.2) is 0 Å². The van der Waals surface area contributed by atoms with E-state index in [2.05, 4.69) is 33.0 Å². The highest BCUT2D eigenvalue weighted by molar-refractivity contribution is 9.10. The summed E-state index contributed by atoms with van der Waals surface area (Å²) in [6, 6.07) is 14.0. The van der Waals surface area contributed by atoms with Crippen LogP contribution in [0.25, 0.3) is 0 Å². The van der Waals surface area contributed by atoms with E-state index < -0.39 is 0 Å². The minimum atomic E-state index is 0.235. The van der Waals surface area contributed by atoms with Crippen molar-refractivity contribution in [1.82, 2.24) is 9.80 Å². The second-order valence-corrected chi connectivity index (χ2v) is 7.88. The quantitative estimate of drug-likeness (QED) is 0.649. The number of carbonyl (C=O) groups is 1. The van der Waals surface area contributed by atoms with Crippen LogP contribution in [0.4, 0.5) is 0 Å². The molecule has 28 heavy (non-hydrogen) atoms. The van der Waals surface area contributed by atoms with Gasteiger partial charge >= 0.3 is 0 Å². The van der Waals surface area contributed by atoms with Crippen molar-refractivity contribution in [1.29, 1.82) is 0 Å². The smallest absolute Gasteiger partial charge is 0.222 e. The summed E-state index contributed by atoms with van der Waals surface area (Å²) < 4.78 is 11.9. The van der Waals surface area contributed by atoms with Gasteiger partial charge in [0.05, 0.1) is 14.2 Å². The first-order valence-corrected chi connectivity index (χ1v) is 10.3. The standard InChI is InChI=1S/C22H27BrN2O3/c1-27-20-7-8-21(28-2)18(15-20)16-24-10-12-25(13-11-24)22(26)9-6-17-4-3-5-19(23)14-17/h3-5,7-8,14-15H,6,9-13,16H2,1-2H3. The fourth-order valence-electron chi connectivity index (χ4n) is 3.50. The second-order valence-electron chi connectivity index (χ2n) is 6.96. The lowest BCUT2D eigenvalue weighted by Crippen LogP contribution is -2.48. The summed E-state index contributed by atoms with van der Waals surface area (Å²) in [7, 11) is 3.36. The van der Waals surface area contributed by atoms with Gasteiger partial charge in [-0.25, -0.2) is 0 Å². The highest BCUT2D eigenvalue weighted by Crippen LogP contribution is 2.25. The molecule has 2 aromatic carbocycles. The molecule has 5 nitrogen and oxygen atoms in total. The maximum Gasteiger partial charge on any atom is 0.222 e. The largest absolute Gasteiger partial charge is 0.497 e. The van der Waals surface area contributed by atoms with Crippen LogP contribution in [-0.2, 0) is 17.8 Å². The fraction of sp³-hybridized carbons (Fsp3) is 0.409. The van der Waals surface area contributed by atoms with Crippen molar-refractivity contribution in [2.45, 2.75) is 19.4 Å². The van der Waals surface area contributed by atoms with Crippen molar-refractivity contribution >= 4 is 21.8 Å². The Balaban J connectivity index is 1.49. The van der Waals surface area contributed by atoms with Crippen LogP contribution in [0.1, 0.15) is 17.5 Å². The van der Waals surface area contributed by atoms with Crippen LogP contribution in [0.15, 0.2) is 46.9 Å². The Morgan fingerprint density at radius 2 is 1.82 bits per heavy atom. The van der Waals surface area contributed by atoms with Gasteiger partial charge in [0.1, 0.15) is 11.5 Å². The Bertz CT molecular complexity index is 804. The SMILES string of the molecule is COc1ccc(OC)c(CN2CCN(C(=O)CCc3cccc(Br)c3)CC2)c1. The zero-order chi connectivity index (χ0) is 19.9. The summed E-state index contributed by atoms with van der Waals surface area (Å²) in [5, 5.41) is 0. The van der Waals surface area contributed by atoms with Crippen molar-refractivity contribution in [3.05, 3.63) is 58.1 Å². The van der Waals surface area contributed by atoms with Gasteiger partial charge in [-0.2, -0.15) is 0 Å². The van der Waals surface area contributed by atoms with Crippen molar-refractivity contribution in [2.75, 3.05) is 40.4 Å². The number of halogens is 1.